The number of hydrogen-bond donors (Lipinski definition) is 3. The van der Waals surface area contributed by atoms with Crippen molar-refractivity contribution in [3.8, 4) is 0 Å². The fourth-order valence-corrected chi connectivity index (χ4v) is 3.58. The minimum Gasteiger partial charge on any atom is -0.455 e. The number of nitrogens with zero attached hydrogens (tertiary/aromatic N) is 2. The summed E-state index contributed by atoms with van der Waals surface area (Å²) in [6.07, 6.45) is 2.18. The Balaban J connectivity index is 1.81. The summed E-state index contributed by atoms with van der Waals surface area (Å²) in [5.41, 5.74) is 14.3. The van der Waals surface area contributed by atoms with Crippen molar-refractivity contribution in [1.29, 1.82) is 0 Å². The van der Waals surface area contributed by atoms with E-state index in [0.717, 1.165) is 35.4 Å². The largest absolute Gasteiger partial charge is 0.455 e. The van der Waals surface area contributed by atoms with E-state index < -0.39 is 0 Å². The Morgan fingerprint density at radius 3 is 2.61 bits per heavy atom. The van der Waals surface area contributed by atoms with Crippen molar-refractivity contribution in [3.63, 3.8) is 0 Å². The van der Waals surface area contributed by atoms with Crippen molar-refractivity contribution in [2.24, 2.45) is 27.1 Å². The topological polar surface area (TPSA) is 119 Å². The van der Waals surface area contributed by atoms with Crippen LogP contribution in [0, 0.1) is 12.3 Å². The van der Waals surface area contributed by atoms with Crippen LogP contribution in [0.5, 0.6) is 0 Å². The van der Waals surface area contributed by atoms with Crippen molar-refractivity contribution in [2.45, 2.75) is 40.0 Å². The standard InChI is InChI=1S/C21H27N5O2/c1-13-17-15(25-26-20(22)23)11-21(2,3)12-16(17)28-18(13)19(27)24-10-9-14-7-5-4-6-8-14/h4-8H,9-12H2,1-3H3,(H,24,27)(H4,22,23,26)/b25-15-. The summed E-state index contributed by atoms with van der Waals surface area (Å²) in [4.78, 5) is 12.7. The molecule has 0 radical (unpaired) electrons. The number of carbonyl (C=O) groups excluding carboxylic acids is 1. The highest BCUT2D eigenvalue weighted by atomic mass is 16.4. The van der Waals surface area contributed by atoms with Crippen LogP contribution >= 0.6 is 0 Å². The van der Waals surface area contributed by atoms with Gasteiger partial charge in [0, 0.05) is 24.1 Å². The third-order valence-electron chi connectivity index (χ3n) is 4.83. The SMILES string of the molecule is Cc1c(C(=O)NCCc2ccccc2)oc2c1/C(=N\N=C(N)N)CC(C)(C)C2. The van der Waals surface area contributed by atoms with Gasteiger partial charge in [-0.1, -0.05) is 44.2 Å². The maximum absolute atomic E-state index is 12.7. The van der Waals surface area contributed by atoms with Gasteiger partial charge in [0.05, 0.1) is 5.71 Å². The molecule has 0 spiro atoms. The summed E-state index contributed by atoms with van der Waals surface area (Å²) >= 11 is 0. The van der Waals surface area contributed by atoms with Gasteiger partial charge < -0.3 is 21.2 Å². The van der Waals surface area contributed by atoms with E-state index in [-0.39, 0.29) is 17.3 Å². The Hall–Kier alpha value is -3.09. The third-order valence-corrected chi connectivity index (χ3v) is 4.83. The number of hydrogen-bond acceptors (Lipinski definition) is 4. The van der Waals surface area contributed by atoms with Crippen LogP contribution in [0.2, 0.25) is 0 Å². The molecule has 0 aliphatic heterocycles. The predicted octanol–water partition coefficient (Wildman–Crippen LogP) is 2.51. The first-order valence-electron chi connectivity index (χ1n) is 9.37. The van der Waals surface area contributed by atoms with Crippen LogP contribution < -0.4 is 16.8 Å². The zero-order chi connectivity index (χ0) is 20.3. The monoisotopic (exact) mass is 381 g/mol. The van der Waals surface area contributed by atoms with Crippen molar-refractivity contribution < 1.29 is 9.21 Å². The van der Waals surface area contributed by atoms with Crippen LogP contribution in [0.3, 0.4) is 0 Å². The number of furan rings is 1. The highest BCUT2D eigenvalue weighted by molar-refractivity contribution is 6.07. The summed E-state index contributed by atoms with van der Waals surface area (Å²) in [7, 11) is 0. The second-order valence-corrected chi connectivity index (χ2v) is 7.94. The maximum Gasteiger partial charge on any atom is 0.287 e. The van der Waals surface area contributed by atoms with Crippen molar-refractivity contribution in [3.05, 3.63) is 58.5 Å². The molecule has 0 fully saturated rings. The Morgan fingerprint density at radius 2 is 1.93 bits per heavy atom. The Labute approximate surface area is 164 Å². The third kappa shape index (κ3) is 4.42. The smallest absolute Gasteiger partial charge is 0.287 e. The second-order valence-electron chi connectivity index (χ2n) is 7.94. The normalized spacial score (nSPS) is 16.5. The number of nitrogens with two attached hydrogens (primary N) is 2. The lowest BCUT2D eigenvalue weighted by Gasteiger charge is -2.29. The van der Waals surface area contributed by atoms with Crippen LogP contribution in [0.15, 0.2) is 45.0 Å². The van der Waals surface area contributed by atoms with Gasteiger partial charge in [0.2, 0.25) is 5.96 Å². The van der Waals surface area contributed by atoms with Crippen LogP contribution in [0.4, 0.5) is 0 Å². The maximum atomic E-state index is 12.7. The molecule has 1 aromatic heterocycles. The molecular weight excluding hydrogens is 354 g/mol. The molecule has 0 unspecified atom stereocenters. The highest BCUT2D eigenvalue weighted by Gasteiger charge is 2.36. The average Bonchev–Trinajstić information content (AvgIpc) is 2.95. The molecule has 0 bridgehead atoms. The van der Waals surface area contributed by atoms with Crippen LogP contribution in [0.1, 0.15) is 53.3 Å². The molecule has 1 aromatic carbocycles. The summed E-state index contributed by atoms with van der Waals surface area (Å²) in [6.45, 7) is 6.66. The molecule has 148 valence electrons. The molecule has 0 saturated heterocycles. The number of amides is 1. The van der Waals surface area contributed by atoms with E-state index in [9.17, 15) is 4.79 Å². The van der Waals surface area contributed by atoms with Gasteiger partial charge in [-0.15, -0.1) is 5.10 Å². The molecule has 3 rings (SSSR count). The highest BCUT2D eigenvalue weighted by Crippen LogP contribution is 2.38. The molecule has 28 heavy (non-hydrogen) atoms. The summed E-state index contributed by atoms with van der Waals surface area (Å²) in [5.74, 6) is 0.763. The van der Waals surface area contributed by atoms with Gasteiger partial charge in [-0.05, 0) is 30.7 Å². The molecule has 5 N–H and O–H groups in total. The van der Waals surface area contributed by atoms with E-state index in [1.807, 2.05) is 37.3 Å². The molecule has 2 aromatic rings. The molecule has 7 heteroatoms. The number of fused-ring (bicyclic) bond motifs is 1. The quantitative estimate of drug-likeness (QED) is 0.419. The fraction of sp³-hybridized carbons (Fsp3) is 0.381. The number of rotatable bonds is 5. The van der Waals surface area contributed by atoms with Gasteiger partial charge in [0.15, 0.2) is 5.76 Å². The lowest BCUT2D eigenvalue weighted by Crippen LogP contribution is -2.28. The van der Waals surface area contributed by atoms with Crippen LogP contribution in [-0.4, -0.2) is 24.1 Å². The first-order chi connectivity index (χ1) is 13.3. The van der Waals surface area contributed by atoms with Crippen molar-refractivity contribution in [2.75, 3.05) is 6.54 Å². The zero-order valence-corrected chi connectivity index (χ0v) is 16.6. The second kappa shape index (κ2) is 7.88. The number of benzene rings is 1. The molecule has 1 amide bonds. The predicted molar refractivity (Wildman–Crippen MR) is 110 cm³/mol. The van der Waals surface area contributed by atoms with Gasteiger partial charge in [-0.2, -0.15) is 5.10 Å². The zero-order valence-electron chi connectivity index (χ0n) is 16.6. The summed E-state index contributed by atoms with van der Waals surface area (Å²) in [6, 6.07) is 10.0. The molecule has 1 aliphatic rings. The minimum absolute atomic E-state index is 0.0595. The number of nitrogens with one attached hydrogen (secondary N) is 1. The molecule has 1 aliphatic carbocycles. The fourth-order valence-electron chi connectivity index (χ4n) is 3.58. The van der Waals surface area contributed by atoms with Crippen LogP contribution in [-0.2, 0) is 12.8 Å². The molecule has 0 saturated carbocycles. The number of guanidine groups is 1. The Kier molecular flexibility index (Phi) is 5.53. The van der Waals surface area contributed by atoms with Gasteiger partial charge in [0.1, 0.15) is 5.76 Å². The van der Waals surface area contributed by atoms with E-state index in [0.29, 0.717) is 18.7 Å². The van der Waals surface area contributed by atoms with Gasteiger partial charge in [-0.3, -0.25) is 4.79 Å². The van der Waals surface area contributed by atoms with Crippen molar-refractivity contribution >= 4 is 17.6 Å². The average molecular weight is 381 g/mol. The summed E-state index contributed by atoms with van der Waals surface area (Å²) < 4.78 is 5.97. The first kappa shape index (κ1) is 19.7. The van der Waals surface area contributed by atoms with Gasteiger partial charge >= 0.3 is 0 Å². The molecule has 7 nitrogen and oxygen atoms in total. The lowest BCUT2D eigenvalue weighted by molar-refractivity contribution is 0.0922. The molecule has 0 atom stereocenters. The van der Waals surface area contributed by atoms with Gasteiger partial charge in [0.25, 0.3) is 5.91 Å². The Bertz CT molecular complexity index is 922. The van der Waals surface area contributed by atoms with Crippen molar-refractivity contribution in [1.82, 2.24) is 5.32 Å². The van der Waals surface area contributed by atoms with E-state index in [2.05, 4.69) is 29.4 Å². The van der Waals surface area contributed by atoms with E-state index >= 15 is 0 Å². The molecular formula is C21H27N5O2. The summed E-state index contributed by atoms with van der Waals surface area (Å²) in [5, 5.41) is 11.0. The lowest BCUT2D eigenvalue weighted by atomic mass is 9.75. The van der Waals surface area contributed by atoms with E-state index in [4.69, 9.17) is 15.9 Å². The minimum atomic E-state index is -0.221. The molecule has 1 heterocycles. The van der Waals surface area contributed by atoms with Gasteiger partial charge in [-0.25, -0.2) is 0 Å². The Morgan fingerprint density at radius 1 is 1.21 bits per heavy atom. The number of carbonyl (C=O) groups is 1. The van der Waals surface area contributed by atoms with Crippen LogP contribution in [0.25, 0.3) is 0 Å². The van der Waals surface area contributed by atoms with E-state index in [1.54, 1.807) is 0 Å². The first-order valence-corrected chi connectivity index (χ1v) is 9.37. The van der Waals surface area contributed by atoms with E-state index in [1.165, 1.54) is 5.56 Å².